The van der Waals surface area contributed by atoms with Gasteiger partial charge < -0.3 is 10.1 Å². The van der Waals surface area contributed by atoms with E-state index in [1.807, 2.05) is 6.07 Å². The standard InChI is InChI=1S/C17H13FN2O2S/c18-13-8-6-11(7-9-13)10-23-17-19-15(21)14(16(22)20-17)12-4-2-1-3-5-12/h1-9H,10H2,(H2,19,20,21,22). The molecule has 0 bridgehead atoms. The van der Waals surface area contributed by atoms with Crippen LogP contribution in [0.5, 0.6) is 5.88 Å². The Kier molecular flexibility index (Phi) is 4.43. The van der Waals surface area contributed by atoms with Gasteiger partial charge in [-0.25, -0.2) is 4.39 Å². The summed E-state index contributed by atoms with van der Waals surface area (Å²) in [5.41, 5.74) is 1.25. The van der Waals surface area contributed by atoms with Crippen LogP contribution in [0.4, 0.5) is 4.39 Å². The average molecular weight is 328 g/mol. The SMILES string of the molecule is O=c1[nH]c(SCc2ccc(F)cc2)nc(O)c1-c1ccccc1. The molecule has 0 fully saturated rings. The van der Waals surface area contributed by atoms with Crippen LogP contribution in [0.2, 0.25) is 0 Å². The molecule has 0 radical (unpaired) electrons. The summed E-state index contributed by atoms with van der Waals surface area (Å²) in [4.78, 5) is 18.9. The van der Waals surface area contributed by atoms with Crippen LogP contribution in [-0.4, -0.2) is 15.1 Å². The summed E-state index contributed by atoms with van der Waals surface area (Å²) in [6.45, 7) is 0. The second-order valence-corrected chi connectivity index (χ2v) is 5.81. The molecule has 0 saturated carbocycles. The molecule has 4 nitrogen and oxygen atoms in total. The van der Waals surface area contributed by atoms with E-state index < -0.39 is 5.56 Å². The Morgan fingerprint density at radius 1 is 1.09 bits per heavy atom. The van der Waals surface area contributed by atoms with Crippen LogP contribution in [0.15, 0.2) is 64.5 Å². The minimum absolute atomic E-state index is 0.150. The number of nitrogens with one attached hydrogen (secondary N) is 1. The quantitative estimate of drug-likeness (QED) is 0.567. The fraction of sp³-hybridized carbons (Fsp3) is 0.0588. The molecule has 0 saturated heterocycles. The number of hydrogen-bond acceptors (Lipinski definition) is 4. The van der Waals surface area contributed by atoms with E-state index in [0.29, 0.717) is 16.5 Å². The van der Waals surface area contributed by atoms with Gasteiger partial charge in [-0.1, -0.05) is 54.2 Å². The van der Waals surface area contributed by atoms with E-state index in [2.05, 4.69) is 9.97 Å². The Balaban J connectivity index is 1.82. The zero-order valence-electron chi connectivity index (χ0n) is 12.0. The number of benzene rings is 2. The van der Waals surface area contributed by atoms with Crippen molar-refractivity contribution < 1.29 is 9.50 Å². The van der Waals surface area contributed by atoms with Crippen LogP contribution >= 0.6 is 11.8 Å². The van der Waals surface area contributed by atoms with Crippen LogP contribution in [0, 0.1) is 5.82 Å². The van der Waals surface area contributed by atoms with E-state index in [9.17, 15) is 14.3 Å². The number of aromatic amines is 1. The second kappa shape index (κ2) is 6.66. The fourth-order valence-electron chi connectivity index (χ4n) is 2.11. The van der Waals surface area contributed by atoms with Gasteiger partial charge in [-0.05, 0) is 23.3 Å². The van der Waals surface area contributed by atoms with E-state index in [-0.39, 0.29) is 17.3 Å². The van der Waals surface area contributed by atoms with Crippen LogP contribution in [0.1, 0.15) is 5.56 Å². The monoisotopic (exact) mass is 328 g/mol. The molecule has 2 N–H and O–H groups in total. The molecular formula is C17H13FN2O2S. The number of aromatic nitrogens is 2. The summed E-state index contributed by atoms with van der Waals surface area (Å²) in [7, 11) is 0. The molecule has 0 aliphatic heterocycles. The average Bonchev–Trinajstić information content (AvgIpc) is 2.55. The first kappa shape index (κ1) is 15.3. The third kappa shape index (κ3) is 3.60. The fourth-order valence-corrected chi connectivity index (χ4v) is 2.92. The normalized spacial score (nSPS) is 10.7. The van der Waals surface area contributed by atoms with Crippen molar-refractivity contribution in [1.82, 2.24) is 9.97 Å². The maximum atomic E-state index is 12.9. The maximum Gasteiger partial charge on any atom is 0.263 e. The molecule has 1 aromatic heterocycles. The molecule has 0 atom stereocenters. The number of H-pyrrole nitrogens is 1. The van der Waals surface area contributed by atoms with Gasteiger partial charge in [-0.3, -0.25) is 4.79 Å². The largest absolute Gasteiger partial charge is 0.493 e. The molecular weight excluding hydrogens is 315 g/mol. The Hall–Kier alpha value is -2.60. The van der Waals surface area contributed by atoms with Crippen LogP contribution < -0.4 is 5.56 Å². The lowest BCUT2D eigenvalue weighted by atomic mass is 10.1. The van der Waals surface area contributed by atoms with Crippen molar-refractivity contribution >= 4 is 11.8 Å². The summed E-state index contributed by atoms with van der Waals surface area (Å²) in [5.74, 6) is -0.0930. The lowest BCUT2D eigenvalue weighted by Gasteiger charge is -2.06. The summed E-state index contributed by atoms with van der Waals surface area (Å²) < 4.78 is 12.9. The van der Waals surface area contributed by atoms with Crippen molar-refractivity contribution in [3.8, 4) is 17.0 Å². The van der Waals surface area contributed by atoms with Gasteiger partial charge in [-0.15, -0.1) is 0 Å². The Bertz CT molecular complexity index is 864. The van der Waals surface area contributed by atoms with Gasteiger partial charge in [0, 0.05) is 5.75 Å². The van der Waals surface area contributed by atoms with Gasteiger partial charge >= 0.3 is 0 Å². The van der Waals surface area contributed by atoms with Crippen molar-refractivity contribution in [2.45, 2.75) is 10.9 Å². The van der Waals surface area contributed by atoms with E-state index >= 15 is 0 Å². The molecule has 2 aromatic carbocycles. The summed E-state index contributed by atoms with van der Waals surface area (Å²) in [5, 5.41) is 10.4. The number of hydrogen-bond donors (Lipinski definition) is 2. The molecule has 3 rings (SSSR count). The molecule has 0 spiro atoms. The Labute approximate surface area is 136 Å². The predicted molar refractivity (Wildman–Crippen MR) is 87.9 cm³/mol. The Morgan fingerprint density at radius 3 is 2.43 bits per heavy atom. The van der Waals surface area contributed by atoms with Crippen molar-refractivity contribution in [2.24, 2.45) is 0 Å². The minimum Gasteiger partial charge on any atom is -0.493 e. The zero-order chi connectivity index (χ0) is 16.2. The van der Waals surface area contributed by atoms with Crippen LogP contribution in [-0.2, 0) is 5.75 Å². The molecule has 23 heavy (non-hydrogen) atoms. The molecule has 0 aliphatic carbocycles. The third-order valence-corrected chi connectivity index (χ3v) is 4.17. The highest BCUT2D eigenvalue weighted by Gasteiger charge is 2.13. The summed E-state index contributed by atoms with van der Waals surface area (Å²) in [6.07, 6.45) is 0. The molecule has 6 heteroatoms. The van der Waals surface area contributed by atoms with E-state index in [0.717, 1.165) is 5.56 Å². The van der Waals surface area contributed by atoms with Crippen LogP contribution in [0.3, 0.4) is 0 Å². The molecule has 0 aliphatic rings. The highest BCUT2D eigenvalue weighted by Crippen LogP contribution is 2.26. The maximum absolute atomic E-state index is 12.9. The third-order valence-electron chi connectivity index (χ3n) is 3.23. The summed E-state index contributed by atoms with van der Waals surface area (Å²) in [6, 6.07) is 14.9. The van der Waals surface area contributed by atoms with Crippen molar-refractivity contribution in [3.63, 3.8) is 0 Å². The van der Waals surface area contributed by atoms with Crippen molar-refractivity contribution in [1.29, 1.82) is 0 Å². The van der Waals surface area contributed by atoms with Gasteiger partial charge in [0.25, 0.3) is 5.56 Å². The van der Waals surface area contributed by atoms with Gasteiger partial charge in [0.2, 0.25) is 5.88 Å². The molecule has 1 heterocycles. The van der Waals surface area contributed by atoms with E-state index in [1.54, 1.807) is 36.4 Å². The lowest BCUT2D eigenvalue weighted by molar-refractivity contribution is 0.446. The van der Waals surface area contributed by atoms with Gasteiger partial charge in [0.15, 0.2) is 5.16 Å². The highest BCUT2D eigenvalue weighted by molar-refractivity contribution is 7.98. The van der Waals surface area contributed by atoms with Gasteiger partial charge in [0.05, 0.1) is 0 Å². The molecule has 0 unspecified atom stereocenters. The number of halogens is 1. The zero-order valence-corrected chi connectivity index (χ0v) is 12.8. The molecule has 3 aromatic rings. The number of nitrogens with zero attached hydrogens (tertiary/aromatic N) is 1. The number of aromatic hydroxyl groups is 1. The predicted octanol–water partition coefficient (Wildman–Crippen LogP) is 3.57. The van der Waals surface area contributed by atoms with Crippen molar-refractivity contribution in [3.05, 3.63) is 76.3 Å². The molecule has 116 valence electrons. The minimum atomic E-state index is -0.398. The first-order valence-electron chi connectivity index (χ1n) is 6.89. The van der Waals surface area contributed by atoms with Gasteiger partial charge in [-0.2, -0.15) is 4.98 Å². The smallest absolute Gasteiger partial charge is 0.263 e. The Morgan fingerprint density at radius 2 is 1.78 bits per heavy atom. The van der Waals surface area contributed by atoms with Gasteiger partial charge in [0.1, 0.15) is 11.4 Å². The highest BCUT2D eigenvalue weighted by atomic mass is 32.2. The summed E-state index contributed by atoms with van der Waals surface area (Å²) >= 11 is 1.26. The lowest BCUT2D eigenvalue weighted by Crippen LogP contribution is -2.11. The van der Waals surface area contributed by atoms with Crippen molar-refractivity contribution in [2.75, 3.05) is 0 Å². The first-order chi connectivity index (χ1) is 11.1. The first-order valence-corrected chi connectivity index (χ1v) is 7.88. The van der Waals surface area contributed by atoms with Crippen LogP contribution in [0.25, 0.3) is 11.1 Å². The van der Waals surface area contributed by atoms with E-state index in [4.69, 9.17) is 0 Å². The van der Waals surface area contributed by atoms with E-state index in [1.165, 1.54) is 23.9 Å². The second-order valence-electron chi connectivity index (χ2n) is 4.85. The number of rotatable bonds is 4. The topological polar surface area (TPSA) is 66.0 Å². The molecule has 0 amide bonds. The number of thioether (sulfide) groups is 1.